The second kappa shape index (κ2) is 7.50. The van der Waals surface area contributed by atoms with E-state index in [1.54, 1.807) is 19.1 Å². The highest BCUT2D eigenvalue weighted by Gasteiger charge is 2.40. The number of rotatable bonds is 3. The number of fused-ring (bicyclic) bond motifs is 1. The molecule has 2 aromatic rings. The van der Waals surface area contributed by atoms with Crippen LogP contribution >= 0.6 is 0 Å². The average Bonchev–Trinajstić information content (AvgIpc) is 2.97. The van der Waals surface area contributed by atoms with Crippen molar-refractivity contribution in [3.8, 4) is 24.2 Å². The first-order valence-electron chi connectivity index (χ1n) is 8.87. The Morgan fingerprint density at radius 1 is 1.50 bits per heavy atom. The maximum atomic E-state index is 12.9. The van der Waals surface area contributed by atoms with Crippen molar-refractivity contribution in [2.75, 3.05) is 11.9 Å². The standard InChI is InChI=1S/C20H20N4O5S/c1-5-20(3,26)16-11-29-18-15(30(27,28)23-16)10-24(4)17(18)19(25)22-14-7-6-12(2)13(8-14)9-21/h1,6-8,10,16,23,26H,11H2,2-4H3,(H,22,25)/t16-,20-/m0/s1. The maximum absolute atomic E-state index is 12.9. The van der Waals surface area contributed by atoms with Crippen LogP contribution in [0.1, 0.15) is 28.5 Å². The van der Waals surface area contributed by atoms with Gasteiger partial charge in [0.2, 0.25) is 10.0 Å². The molecule has 30 heavy (non-hydrogen) atoms. The van der Waals surface area contributed by atoms with Crippen LogP contribution in [0.2, 0.25) is 0 Å². The number of carbonyl (C=O) groups is 1. The number of aryl methyl sites for hydroxylation is 2. The summed E-state index contributed by atoms with van der Waals surface area (Å²) >= 11 is 0. The van der Waals surface area contributed by atoms with Crippen LogP contribution in [0.25, 0.3) is 0 Å². The smallest absolute Gasteiger partial charge is 0.276 e. The van der Waals surface area contributed by atoms with E-state index in [0.29, 0.717) is 11.3 Å². The second-order valence-corrected chi connectivity index (χ2v) is 8.84. The van der Waals surface area contributed by atoms with Gasteiger partial charge in [0.1, 0.15) is 17.1 Å². The molecule has 2 heterocycles. The summed E-state index contributed by atoms with van der Waals surface area (Å²) in [5.74, 6) is 1.36. The van der Waals surface area contributed by atoms with E-state index in [4.69, 9.17) is 16.4 Å². The SMILES string of the molecule is C#C[C@](C)(O)[C@@H]1COc2c(cn(C)c2C(=O)Nc2ccc(C)c(C#N)c2)S(=O)(=O)N1. The van der Waals surface area contributed by atoms with E-state index in [1.165, 1.54) is 30.8 Å². The molecule has 3 rings (SSSR count). The fraction of sp³-hybridized carbons (Fsp3) is 0.300. The number of terminal acetylenes is 1. The monoisotopic (exact) mass is 428 g/mol. The minimum absolute atomic E-state index is 0.0320. The van der Waals surface area contributed by atoms with Crippen molar-refractivity contribution in [3.63, 3.8) is 0 Å². The third kappa shape index (κ3) is 3.76. The van der Waals surface area contributed by atoms with Crippen molar-refractivity contribution in [1.29, 1.82) is 5.26 Å². The number of hydrogen-bond acceptors (Lipinski definition) is 6. The Bertz CT molecular complexity index is 1220. The van der Waals surface area contributed by atoms with E-state index in [2.05, 4.69) is 16.0 Å². The van der Waals surface area contributed by atoms with Crippen LogP contribution in [0, 0.1) is 30.6 Å². The van der Waals surface area contributed by atoms with Crippen LogP contribution < -0.4 is 14.8 Å². The van der Waals surface area contributed by atoms with Gasteiger partial charge in [-0.15, -0.1) is 6.42 Å². The van der Waals surface area contributed by atoms with Crippen LogP contribution in [0.15, 0.2) is 29.3 Å². The Labute approximate surface area is 174 Å². The lowest BCUT2D eigenvalue weighted by Crippen LogP contribution is -2.52. The summed E-state index contributed by atoms with van der Waals surface area (Å²) in [5, 5.41) is 22.1. The van der Waals surface area contributed by atoms with Crippen molar-refractivity contribution in [1.82, 2.24) is 9.29 Å². The Morgan fingerprint density at radius 3 is 2.83 bits per heavy atom. The number of sulfonamides is 1. The Kier molecular flexibility index (Phi) is 5.35. The van der Waals surface area contributed by atoms with Gasteiger partial charge in [-0.2, -0.15) is 5.26 Å². The number of nitrogens with one attached hydrogen (secondary N) is 2. The highest BCUT2D eigenvalue weighted by molar-refractivity contribution is 7.89. The van der Waals surface area contributed by atoms with Crippen molar-refractivity contribution in [2.24, 2.45) is 7.05 Å². The largest absolute Gasteiger partial charge is 0.488 e. The summed E-state index contributed by atoms with van der Waals surface area (Å²) in [7, 11) is -2.61. The molecule has 3 N–H and O–H groups in total. The number of ether oxygens (including phenoxy) is 1. The number of amides is 1. The summed E-state index contributed by atoms with van der Waals surface area (Å²) < 4.78 is 34.8. The van der Waals surface area contributed by atoms with Crippen molar-refractivity contribution in [3.05, 3.63) is 41.2 Å². The molecule has 10 heteroatoms. The lowest BCUT2D eigenvalue weighted by Gasteiger charge is -2.26. The van der Waals surface area contributed by atoms with Gasteiger partial charge >= 0.3 is 0 Å². The van der Waals surface area contributed by atoms with Gasteiger partial charge in [0, 0.05) is 18.9 Å². The van der Waals surface area contributed by atoms with E-state index in [9.17, 15) is 18.3 Å². The van der Waals surface area contributed by atoms with E-state index < -0.39 is 27.6 Å². The van der Waals surface area contributed by atoms with Gasteiger partial charge in [0.05, 0.1) is 17.7 Å². The van der Waals surface area contributed by atoms with E-state index in [-0.39, 0.29) is 22.9 Å². The predicted molar refractivity (Wildman–Crippen MR) is 108 cm³/mol. The molecule has 0 fully saturated rings. The molecular formula is C20H20N4O5S. The molecule has 1 aromatic carbocycles. The maximum Gasteiger partial charge on any atom is 0.276 e. The molecule has 0 aliphatic carbocycles. The number of aromatic nitrogens is 1. The molecule has 2 atom stereocenters. The highest BCUT2D eigenvalue weighted by Crippen LogP contribution is 2.34. The zero-order chi connectivity index (χ0) is 22.3. The number of aliphatic hydroxyl groups is 1. The fourth-order valence-electron chi connectivity index (χ4n) is 3.01. The molecule has 0 saturated heterocycles. The van der Waals surface area contributed by atoms with E-state index >= 15 is 0 Å². The Hall–Kier alpha value is -3.31. The summed E-state index contributed by atoms with van der Waals surface area (Å²) in [5.41, 5.74) is -0.289. The van der Waals surface area contributed by atoms with Crippen molar-refractivity contribution >= 4 is 21.6 Å². The number of benzene rings is 1. The zero-order valence-electron chi connectivity index (χ0n) is 16.6. The number of hydrogen-bond donors (Lipinski definition) is 3. The Balaban J connectivity index is 1.99. The lowest BCUT2D eigenvalue weighted by molar-refractivity contribution is 0.0640. The molecule has 9 nitrogen and oxygen atoms in total. The quantitative estimate of drug-likeness (QED) is 0.622. The van der Waals surface area contributed by atoms with Crippen LogP contribution in [0.5, 0.6) is 5.75 Å². The van der Waals surface area contributed by atoms with Crippen LogP contribution in [0.3, 0.4) is 0 Å². The number of carbonyl (C=O) groups excluding carboxylic acids is 1. The predicted octanol–water partition coefficient (Wildman–Crippen LogP) is 0.881. The van der Waals surface area contributed by atoms with Gasteiger partial charge in [0.15, 0.2) is 11.4 Å². The zero-order valence-corrected chi connectivity index (χ0v) is 17.4. The highest BCUT2D eigenvalue weighted by atomic mass is 32.2. The third-order valence-corrected chi connectivity index (χ3v) is 6.35. The van der Waals surface area contributed by atoms with Gasteiger partial charge in [-0.3, -0.25) is 4.79 Å². The average molecular weight is 428 g/mol. The van der Waals surface area contributed by atoms with Crippen LogP contribution in [-0.4, -0.2) is 42.2 Å². The molecule has 0 spiro atoms. The summed E-state index contributed by atoms with van der Waals surface area (Å²) in [4.78, 5) is 12.7. The van der Waals surface area contributed by atoms with Gasteiger partial charge in [-0.25, -0.2) is 13.1 Å². The van der Waals surface area contributed by atoms with Crippen LogP contribution in [-0.2, 0) is 17.1 Å². The normalized spacial score (nSPS) is 19.2. The fourth-order valence-corrected chi connectivity index (χ4v) is 4.51. The number of anilines is 1. The minimum Gasteiger partial charge on any atom is -0.488 e. The number of nitrogens with zero attached hydrogens (tertiary/aromatic N) is 2. The molecule has 1 aliphatic heterocycles. The van der Waals surface area contributed by atoms with E-state index in [1.807, 2.05) is 6.07 Å². The lowest BCUT2D eigenvalue weighted by atomic mass is 9.99. The minimum atomic E-state index is -4.12. The summed E-state index contributed by atoms with van der Waals surface area (Å²) in [6.45, 7) is 2.78. The first-order chi connectivity index (χ1) is 14.0. The van der Waals surface area contributed by atoms with Gasteiger partial charge in [-0.05, 0) is 31.5 Å². The molecule has 1 aromatic heterocycles. The van der Waals surface area contributed by atoms with Crippen LogP contribution in [0.4, 0.5) is 5.69 Å². The first-order valence-corrected chi connectivity index (χ1v) is 10.3. The van der Waals surface area contributed by atoms with Gasteiger partial charge in [0.25, 0.3) is 5.91 Å². The molecule has 1 aliphatic rings. The third-order valence-electron chi connectivity index (χ3n) is 4.89. The summed E-state index contributed by atoms with van der Waals surface area (Å²) in [6, 6.07) is 5.77. The molecule has 0 radical (unpaired) electrons. The van der Waals surface area contributed by atoms with Gasteiger partial charge in [-0.1, -0.05) is 12.0 Å². The second-order valence-electron chi connectivity index (χ2n) is 7.15. The first kappa shape index (κ1) is 21.4. The molecule has 0 unspecified atom stereocenters. The van der Waals surface area contributed by atoms with E-state index in [0.717, 1.165) is 5.56 Å². The van der Waals surface area contributed by atoms with Crippen molar-refractivity contribution in [2.45, 2.75) is 30.4 Å². The molecule has 156 valence electrons. The number of nitriles is 1. The molecule has 0 saturated carbocycles. The summed E-state index contributed by atoms with van der Waals surface area (Å²) in [6.07, 6.45) is 6.54. The Morgan fingerprint density at radius 2 is 2.20 bits per heavy atom. The van der Waals surface area contributed by atoms with Crippen molar-refractivity contribution < 1.29 is 23.1 Å². The molecule has 0 bridgehead atoms. The topological polar surface area (TPSA) is 133 Å². The molecule has 1 amide bonds. The molecular weight excluding hydrogens is 408 g/mol. The van der Waals surface area contributed by atoms with Gasteiger partial charge < -0.3 is 19.7 Å².